The minimum atomic E-state index is -1.00. The lowest BCUT2D eigenvalue weighted by Gasteiger charge is -2.38. The van der Waals surface area contributed by atoms with Gasteiger partial charge in [0.2, 0.25) is 23.6 Å². The van der Waals surface area contributed by atoms with Crippen LogP contribution in [0.1, 0.15) is 73.3 Å². The summed E-state index contributed by atoms with van der Waals surface area (Å²) in [6.07, 6.45) is 1.75. The highest BCUT2D eigenvalue weighted by Gasteiger charge is 2.40. The van der Waals surface area contributed by atoms with Gasteiger partial charge in [0.15, 0.2) is 0 Å². The predicted molar refractivity (Wildman–Crippen MR) is 174 cm³/mol. The van der Waals surface area contributed by atoms with Gasteiger partial charge in [-0.25, -0.2) is 4.79 Å². The standard InChI is InChI=1S/C34H56N4O7/c1-13-15-27(39)37(9)29(22(5)6)31(40)35-28(21(3)4)33(42)36(8)26(20-24-16-18-25(44-11)19-17-24)32(41)38(10)30(23(7)14-2)34(43)45-12/h16-19,21-23,26,28-30H,13-15,20H2,1-12H3,(H,35,40)/t23?,26?,28-,29?,30-/m0/s1. The number of rotatable bonds is 17. The van der Waals surface area contributed by atoms with Gasteiger partial charge in [-0.2, -0.15) is 0 Å². The van der Waals surface area contributed by atoms with Crippen LogP contribution in [0.4, 0.5) is 0 Å². The Hall–Kier alpha value is -3.63. The second kappa shape index (κ2) is 18.4. The lowest BCUT2D eigenvalue weighted by molar-refractivity contribution is -0.157. The summed E-state index contributed by atoms with van der Waals surface area (Å²) in [6.45, 7) is 13.0. The maximum atomic E-state index is 14.2. The first-order chi connectivity index (χ1) is 21.1. The summed E-state index contributed by atoms with van der Waals surface area (Å²) in [5, 5.41) is 2.90. The number of benzene rings is 1. The van der Waals surface area contributed by atoms with Crippen LogP contribution in [0.3, 0.4) is 0 Å². The molecule has 45 heavy (non-hydrogen) atoms. The third-order valence-corrected chi connectivity index (χ3v) is 8.48. The van der Waals surface area contributed by atoms with Crippen molar-refractivity contribution in [1.29, 1.82) is 0 Å². The van der Waals surface area contributed by atoms with Gasteiger partial charge in [0, 0.05) is 34.0 Å². The van der Waals surface area contributed by atoms with Crippen molar-refractivity contribution in [2.24, 2.45) is 17.8 Å². The molecule has 11 nitrogen and oxygen atoms in total. The molecule has 0 aliphatic carbocycles. The van der Waals surface area contributed by atoms with Gasteiger partial charge < -0.3 is 29.5 Å². The normalized spacial score (nSPS) is 14.5. The molecule has 0 saturated carbocycles. The zero-order valence-corrected chi connectivity index (χ0v) is 29.4. The number of hydrogen-bond donors (Lipinski definition) is 1. The Morgan fingerprint density at radius 3 is 1.80 bits per heavy atom. The summed E-state index contributed by atoms with van der Waals surface area (Å²) in [7, 11) is 7.54. The fraction of sp³-hybridized carbons (Fsp3) is 0.676. The van der Waals surface area contributed by atoms with Crippen LogP contribution in [0.15, 0.2) is 24.3 Å². The molecule has 254 valence electrons. The minimum absolute atomic E-state index is 0.148. The molecule has 1 aromatic rings. The highest BCUT2D eigenvalue weighted by molar-refractivity contribution is 5.95. The van der Waals surface area contributed by atoms with Gasteiger partial charge in [-0.15, -0.1) is 0 Å². The number of ether oxygens (including phenoxy) is 2. The number of amides is 4. The second-order valence-electron chi connectivity index (χ2n) is 12.5. The third kappa shape index (κ3) is 10.5. The number of nitrogens with zero attached hydrogens (tertiary/aromatic N) is 3. The maximum Gasteiger partial charge on any atom is 0.328 e. The Kier molecular flexibility index (Phi) is 16.1. The lowest BCUT2D eigenvalue weighted by atomic mass is 9.95. The number of esters is 1. The molecule has 1 rings (SSSR count). The van der Waals surface area contributed by atoms with Gasteiger partial charge in [-0.05, 0) is 41.9 Å². The monoisotopic (exact) mass is 632 g/mol. The summed E-state index contributed by atoms with van der Waals surface area (Å²) in [4.78, 5) is 71.7. The van der Waals surface area contributed by atoms with E-state index in [1.165, 1.54) is 28.9 Å². The van der Waals surface area contributed by atoms with Crippen LogP contribution in [-0.2, 0) is 35.1 Å². The Labute approximate surface area is 270 Å². The molecule has 0 aliphatic rings. The van der Waals surface area contributed by atoms with Gasteiger partial charge >= 0.3 is 5.97 Å². The molecule has 3 unspecified atom stereocenters. The van der Waals surface area contributed by atoms with E-state index in [9.17, 15) is 24.0 Å². The van der Waals surface area contributed by atoms with Gasteiger partial charge in [0.1, 0.15) is 29.9 Å². The van der Waals surface area contributed by atoms with Crippen LogP contribution in [-0.4, -0.2) is 104 Å². The van der Waals surface area contributed by atoms with Crippen molar-refractivity contribution in [3.63, 3.8) is 0 Å². The molecule has 1 N–H and O–H groups in total. The van der Waals surface area contributed by atoms with Gasteiger partial charge in [-0.3, -0.25) is 19.2 Å². The van der Waals surface area contributed by atoms with Crippen molar-refractivity contribution in [2.45, 2.75) is 98.3 Å². The fourth-order valence-corrected chi connectivity index (χ4v) is 5.46. The van der Waals surface area contributed by atoms with E-state index in [4.69, 9.17) is 9.47 Å². The van der Waals surface area contributed by atoms with Crippen LogP contribution < -0.4 is 10.1 Å². The first kappa shape index (κ1) is 39.4. The lowest BCUT2D eigenvalue weighted by Crippen LogP contribution is -2.61. The SMILES string of the molecule is CCCC(=O)N(C)C(C(=O)N[C@H](C(=O)N(C)C(Cc1ccc(OC)cc1)C(=O)N(C)[C@H](C(=O)OC)C(C)CC)C(C)C)C(C)C. The van der Waals surface area contributed by atoms with Crippen molar-refractivity contribution in [3.05, 3.63) is 29.8 Å². The van der Waals surface area contributed by atoms with Crippen molar-refractivity contribution < 1.29 is 33.4 Å². The molecule has 0 saturated heterocycles. The molecule has 0 radical (unpaired) electrons. The molecule has 0 aromatic heterocycles. The highest BCUT2D eigenvalue weighted by atomic mass is 16.5. The zero-order chi connectivity index (χ0) is 34.6. The smallest absolute Gasteiger partial charge is 0.328 e. The number of hydrogen-bond acceptors (Lipinski definition) is 7. The summed E-state index contributed by atoms with van der Waals surface area (Å²) in [5.74, 6) is -2.09. The van der Waals surface area contributed by atoms with Crippen LogP contribution in [0, 0.1) is 17.8 Å². The van der Waals surface area contributed by atoms with Crippen LogP contribution in [0.5, 0.6) is 5.75 Å². The van der Waals surface area contributed by atoms with E-state index >= 15 is 0 Å². The average molecular weight is 633 g/mol. The van der Waals surface area contributed by atoms with E-state index in [0.717, 1.165) is 5.56 Å². The Balaban J connectivity index is 3.52. The van der Waals surface area contributed by atoms with Gasteiger partial charge in [0.05, 0.1) is 14.2 Å². The molecule has 0 heterocycles. The van der Waals surface area contributed by atoms with E-state index in [-0.39, 0.29) is 30.1 Å². The van der Waals surface area contributed by atoms with Gasteiger partial charge in [0.25, 0.3) is 0 Å². The first-order valence-corrected chi connectivity index (χ1v) is 15.9. The number of likely N-dealkylation sites (N-methyl/N-ethyl adjacent to an activating group) is 3. The molecule has 5 atom stereocenters. The molecule has 1 aromatic carbocycles. The number of methoxy groups -OCH3 is 2. The first-order valence-electron chi connectivity index (χ1n) is 15.9. The van der Waals surface area contributed by atoms with E-state index in [1.54, 1.807) is 33.3 Å². The Morgan fingerprint density at radius 1 is 0.778 bits per heavy atom. The molecule has 4 amide bonds. The van der Waals surface area contributed by atoms with Crippen molar-refractivity contribution >= 4 is 29.6 Å². The average Bonchev–Trinajstić information content (AvgIpc) is 3.01. The zero-order valence-electron chi connectivity index (χ0n) is 29.4. The van der Waals surface area contributed by atoms with E-state index < -0.39 is 47.9 Å². The van der Waals surface area contributed by atoms with E-state index in [1.807, 2.05) is 60.6 Å². The number of nitrogens with one attached hydrogen (secondary N) is 1. The van der Waals surface area contributed by atoms with Crippen molar-refractivity contribution in [1.82, 2.24) is 20.0 Å². The van der Waals surface area contributed by atoms with Crippen molar-refractivity contribution in [2.75, 3.05) is 35.4 Å². The van der Waals surface area contributed by atoms with Crippen LogP contribution in [0.2, 0.25) is 0 Å². The summed E-state index contributed by atoms with van der Waals surface area (Å²) < 4.78 is 10.3. The van der Waals surface area contributed by atoms with Crippen LogP contribution >= 0.6 is 0 Å². The van der Waals surface area contributed by atoms with Crippen LogP contribution in [0.25, 0.3) is 0 Å². The molecule has 0 aliphatic heterocycles. The van der Waals surface area contributed by atoms with E-state index in [2.05, 4.69) is 5.32 Å². The largest absolute Gasteiger partial charge is 0.497 e. The minimum Gasteiger partial charge on any atom is -0.497 e. The molecule has 0 bridgehead atoms. The summed E-state index contributed by atoms with van der Waals surface area (Å²) in [6, 6.07) is 3.60. The third-order valence-electron chi connectivity index (χ3n) is 8.48. The van der Waals surface area contributed by atoms with Gasteiger partial charge in [-0.1, -0.05) is 67.0 Å². The molecule has 0 fully saturated rings. The Morgan fingerprint density at radius 2 is 1.36 bits per heavy atom. The molecule has 0 spiro atoms. The van der Waals surface area contributed by atoms with Crippen molar-refractivity contribution in [3.8, 4) is 5.75 Å². The fourth-order valence-electron chi connectivity index (χ4n) is 5.46. The summed E-state index contributed by atoms with van der Waals surface area (Å²) in [5.41, 5.74) is 0.779. The Bertz CT molecular complexity index is 1140. The summed E-state index contributed by atoms with van der Waals surface area (Å²) >= 11 is 0. The molecule has 11 heteroatoms. The topological polar surface area (TPSA) is 126 Å². The second-order valence-corrected chi connectivity index (χ2v) is 12.5. The molecular weight excluding hydrogens is 576 g/mol. The molecular formula is C34H56N4O7. The highest BCUT2D eigenvalue weighted by Crippen LogP contribution is 2.22. The number of carbonyl (C=O) groups excluding carboxylic acids is 5. The van der Waals surface area contributed by atoms with E-state index in [0.29, 0.717) is 25.0 Å². The maximum absolute atomic E-state index is 14.2. The predicted octanol–water partition coefficient (Wildman–Crippen LogP) is 3.53. The quantitative estimate of drug-likeness (QED) is 0.261. The number of carbonyl (C=O) groups is 5.